The van der Waals surface area contributed by atoms with Crippen molar-refractivity contribution in [3.05, 3.63) is 88.5 Å². The summed E-state index contributed by atoms with van der Waals surface area (Å²) in [5, 5.41) is 11.2. The number of hydrogen-bond donors (Lipinski definition) is 1. The van der Waals surface area contributed by atoms with Gasteiger partial charge in [-0.25, -0.2) is 9.37 Å². The Morgan fingerprint density at radius 2 is 1.97 bits per heavy atom. The minimum atomic E-state index is -1.04. The third kappa shape index (κ3) is 4.02. The lowest BCUT2D eigenvalue weighted by Crippen LogP contribution is -2.29. The smallest absolute Gasteiger partial charge is 0.301 e. The van der Waals surface area contributed by atoms with Crippen LogP contribution in [0.1, 0.15) is 24.2 Å². The van der Waals surface area contributed by atoms with Crippen LogP contribution in [0.15, 0.2) is 66.4 Å². The van der Waals surface area contributed by atoms with Crippen molar-refractivity contribution in [3.8, 4) is 5.75 Å². The number of hydrogen-bond acceptors (Lipinski definition) is 7. The minimum absolute atomic E-state index is 0.104. The first-order valence-electron chi connectivity index (χ1n) is 10.6. The molecule has 1 saturated heterocycles. The Morgan fingerprint density at radius 3 is 2.66 bits per heavy atom. The molecule has 7 nitrogen and oxygen atoms in total. The molecule has 1 N–H and O–H groups in total. The van der Waals surface area contributed by atoms with Crippen molar-refractivity contribution in [2.45, 2.75) is 13.0 Å². The summed E-state index contributed by atoms with van der Waals surface area (Å²) in [6, 6.07) is 13.1. The number of rotatable bonds is 5. The van der Waals surface area contributed by atoms with Crippen LogP contribution in [0, 0.1) is 5.82 Å². The molecule has 1 unspecified atom stereocenters. The van der Waals surface area contributed by atoms with Crippen molar-refractivity contribution in [2.75, 3.05) is 11.5 Å². The fourth-order valence-corrected chi connectivity index (χ4v) is 5.05. The van der Waals surface area contributed by atoms with E-state index in [4.69, 9.17) is 16.3 Å². The number of ether oxygens (including phenoxy) is 1. The Balaban J connectivity index is 1.68. The highest BCUT2D eigenvalue weighted by molar-refractivity contribution is 7.22. The number of Topliss-reactive ketones (excluding diaryl/α,β-unsaturated/α-hetero) is 1. The molecule has 5 rings (SSSR count). The van der Waals surface area contributed by atoms with Crippen molar-refractivity contribution in [3.63, 3.8) is 0 Å². The van der Waals surface area contributed by atoms with Crippen LogP contribution in [0.2, 0.25) is 5.02 Å². The summed E-state index contributed by atoms with van der Waals surface area (Å²) < 4.78 is 19.9. The van der Waals surface area contributed by atoms with E-state index >= 15 is 0 Å². The van der Waals surface area contributed by atoms with Crippen molar-refractivity contribution >= 4 is 55.7 Å². The second-order valence-electron chi connectivity index (χ2n) is 7.61. The predicted octanol–water partition coefficient (Wildman–Crippen LogP) is 5.51. The average molecular weight is 510 g/mol. The van der Waals surface area contributed by atoms with Crippen LogP contribution in [0.25, 0.3) is 16.0 Å². The molecule has 1 aliphatic rings. The fraction of sp³-hybridized carbons (Fsp3) is 0.120. The standard InChI is InChI=1S/C25H17ClFN3O4S/c1-2-34-14-8-6-13(7-9-14)22(31)20-21(17-5-3-4-10-28-17)30(24(33)23(20)32)25-29-18-11-15(26)16(27)12-19(18)35-25/h3-12,21,31H,2H2,1H3/b22-20+. The Labute approximate surface area is 208 Å². The van der Waals surface area contributed by atoms with Gasteiger partial charge in [-0.15, -0.1) is 0 Å². The van der Waals surface area contributed by atoms with Gasteiger partial charge >= 0.3 is 5.91 Å². The zero-order valence-corrected chi connectivity index (χ0v) is 19.8. The number of aliphatic hydroxyl groups excluding tert-OH is 1. The van der Waals surface area contributed by atoms with Gasteiger partial charge in [-0.3, -0.25) is 19.5 Å². The largest absolute Gasteiger partial charge is 0.507 e. The topological polar surface area (TPSA) is 92.6 Å². The van der Waals surface area contributed by atoms with Gasteiger partial charge in [-0.05, 0) is 55.5 Å². The van der Waals surface area contributed by atoms with Crippen molar-refractivity contribution < 1.29 is 23.8 Å². The molecular weight excluding hydrogens is 493 g/mol. The molecule has 0 aliphatic carbocycles. The molecule has 3 heterocycles. The maximum atomic E-state index is 14.0. The molecule has 10 heteroatoms. The number of nitrogens with zero attached hydrogens (tertiary/aromatic N) is 3. The highest BCUT2D eigenvalue weighted by atomic mass is 35.5. The van der Waals surface area contributed by atoms with E-state index in [1.807, 2.05) is 6.92 Å². The van der Waals surface area contributed by atoms with Gasteiger partial charge in [0.2, 0.25) is 0 Å². The van der Waals surface area contributed by atoms with E-state index < -0.39 is 23.5 Å². The maximum absolute atomic E-state index is 14.0. The Morgan fingerprint density at radius 1 is 1.20 bits per heavy atom. The van der Waals surface area contributed by atoms with Crippen molar-refractivity contribution in [1.29, 1.82) is 0 Å². The number of thiazole rings is 1. The highest BCUT2D eigenvalue weighted by Gasteiger charge is 2.48. The summed E-state index contributed by atoms with van der Waals surface area (Å²) in [7, 11) is 0. The van der Waals surface area contributed by atoms with E-state index in [0.29, 0.717) is 33.8 Å². The number of fused-ring (bicyclic) bond motifs is 1. The Kier molecular flexibility index (Phi) is 5.96. The lowest BCUT2D eigenvalue weighted by molar-refractivity contribution is -0.132. The van der Waals surface area contributed by atoms with Crippen LogP contribution in [0.3, 0.4) is 0 Å². The van der Waals surface area contributed by atoms with Crippen molar-refractivity contribution in [1.82, 2.24) is 9.97 Å². The molecule has 1 amide bonds. The molecule has 35 heavy (non-hydrogen) atoms. The molecule has 2 aromatic heterocycles. The molecule has 1 atom stereocenters. The van der Waals surface area contributed by atoms with Gasteiger partial charge < -0.3 is 9.84 Å². The summed E-state index contributed by atoms with van der Waals surface area (Å²) in [5.74, 6) is -2.12. The molecule has 2 aromatic carbocycles. The first kappa shape index (κ1) is 22.9. The van der Waals surface area contributed by atoms with Gasteiger partial charge in [-0.1, -0.05) is 29.0 Å². The lowest BCUT2D eigenvalue weighted by Gasteiger charge is -2.21. The number of anilines is 1. The number of ketones is 1. The van der Waals surface area contributed by atoms with E-state index in [0.717, 1.165) is 11.3 Å². The quantitative estimate of drug-likeness (QED) is 0.217. The Bertz CT molecular complexity index is 1450. The van der Waals surface area contributed by atoms with Gasteiger partial charge in [0, 0.05) is 11.8 Å². The number of aromatic nitrogens is 2. The molecule has 1 aliphatic heterocycles. The minimum Gasteiger partial charge on any atom is -0.507 e. The summed E-state index contributed by atoms with van der Waals surface area (Å²) in [4.78, 5) is 36.4. The van der Waals surface area contributed by atoms with E-state index in [1.165, 1.54) is 23.2 Å². The lowest BCUT2D eigenvalue weighted by atomic mass is 9.98. The fourth-order valence-electron chi connectivity index (χ4n) is 3.89. The van der Waals surface area contributed by atoms with Crippen LogP contribution in [0.4, 0.5) is 9.52 Å². The van der Waals surface area contributed by atoms with Gasteiger partial charge in [0.25, 0.3) is 5.78 Å². The molecule has 1 fully saturated rings. The molecule has 0 saturated carbocycles. The monoisotopic (exact) mass is 509 g/mol. The predicted molar refractivity (Wildman–Crippen MR) is 131 cm³/mol. The summed E-state index contributed by atoms with van der Waals surface area (Å²) >= 11 is 6.93. The Hall–Kier alpha value is -3.82. The van der Waals surface area contributed by atoms with E-state index in [2.05, 4.69) is 9.97 Å². The first-order chi connectivity index (χ1) is 16.9. The summed E-state index contributed by atoms with van der Waals surface area (Å²) in [5.41, 5.74) is 0.958. The first-order valence-corrected chi connectivity index (χ1v) is 11.8. The number of aliphatic hydroxyl groups is 1. The van der Waals surface area contributed by atoms with Crippen molar-refractivity contribution in [2.24, 2.45) is 0 Å². The number of benzene rings is 2. The van der Waals surface area contributed by atoms with Crippen LogP contribution < -0.4 is 9.64 Å². The van der Waals surface area contributed by atoms with Gasteiger partial charge in [0.15, 0.2) is 5.13 Å². The normalized spacial score (nSPS) is 17.3. The third-order valence-corrected chi connectivity index (χ3v) is 6.78. The molecule has 0 radical (unpaired) electrons. The molecule has 4 aromatic rings. The third-order valence-electron chi connectivity index (χ3n) is 5.48. The van der Waals surface area contributed by atoms with Crippen LogP contribution in [-0.4, -0.2) is 33.4 Å². The highest BCUT2D eigenvalue weighted by Crippen LogP contribution is 2.44. The van der Waals surface area contributed by atoms with Crippen LogP contribution in [-0.2, 0) is 9.59 Å². The SMILES string of the molecule is CCOc1ccc(/C(O)=C2\C(=O)C(=O)N(c3nc4cc(Cl)c(F)cc4s3)C2c2ccccn2)cc1. The second-order valence-corrected chi connectivity index (χ2v) is 9.03. The number of carbonyl (C=O) groups excluding carboxylic acids is 2. The summed E-state index contributed by atoms with van der Waals surface area (Å²) in [6.07, 6.45) is 1.53. The van der Waals surface area contributed by atoms with Crippen LogP contribution >= 0.6 is 22.9 Å². The zero-order chi connectivity index (χ0) is 24.7. The number of amides is 1. The van der Waals surface area contributed by atoms with E-state index in [1.54, 1.807) is 42.5 Å². The van der Waals surface area contributed by atoms with E-state index in [-0.39, 0.29) is 21.5 Å². The number of halogens is 2. The van der Waals surface area contributed by atoms with Gasteiger partial charge in [0.1, 0.15) is 23.4 Å². The maximum Gasteiger partial charge on any atom is 0.301 e. The second kappa shape index (κ2) is 9.09. The molecule has 0 spiro atoms. The zero-order valence-electron chi connectivity index (χ0n) is 18.2. The number of carbonyl (C=O) groups is 2. The van der Waals surface area contributed by atoms with Gasteiger partial charge in [0.05, 0.1) is 33.1 Å². The number of pyridine rings is 1. The summed E-state index contributed by atoms with van der Waals surface area (Å²) in [6.45, 7) is 2.33. The average Bonchev–Trinajstić information content (AvgIpc) is 3.37. The molecule has 176 valence electrons. The van der Waals surface area contributed by atoms with E-state index in [9.17, 15) is 19.1 Å². The van der Waals surface area contributed by atoms with Gasteiger partial charge in [-0.2, -0.15) is 0 Å². The van der Waals surface area contributed by atoms with Crippen LogP contribution in [0.5, 0.6) is 5.75 Å². The molecule has 0 bridgehead atoms. The molecular formula is C25H17ClFN3O4S.